The Hall–Kier alpha value is -2.94. The first-order valence-corrected chi connectivity index (χ1v) is 15.1. The third-order valence-corrected chi connectivity index (χ3v) is 7.64. The van der Waals surface area contributed by atoms with Crippen LogP contribution in [0.25, 0.3) is 0 Å². The molecule has 0 aromatic heterocycles. The number of fused-ring (bicyclic) bond motifs is 1. The van der Waals surface area contributed by atoms with Crippen LogP contribution < -0.4 is 10.1 Å². The van der Waals surface area contributed by atoms with E-state index in [1.807, 2.05) is 44.2 Å². The van der Waals surface area contributed by atoms with Crippen LogP contribution in [-0.4, -0.2) is 84.9 Å². The van der Waals surface area contributed by atoms with Crippen molar-refractivity contribution < 1.29 is 24.2 Å². The molecule has 2 aromatic carbocycles. The van der Waals surface area contributed by atoms with E-state index in [1.54, 1.807) is 23.1 Å². The smallest absolute Gasteiger partial charge is 0.258 e. The summed E-state index contributed by atoms with van der Waals surface area (Å²) in [4.78, 5) is 31.0. The van der Waals surface area contributed by atoms with E-state index < -0.39 is 6.04 Å². The molecule has 0 saturated carbocycles. The monoisotopic (exact) mass is 567 g/mol. The molecule has 0 bridgehead atoms. The number of likely N-dealkylation sites (N-methyl/N-ethyl adjacent to an activating group) is 1. The highest BCUT2D eigenvalue weighted by Crippen LogP contribution is 2.28. The Morgan fingerprint density at radius 3 is 2.63 bits per heavy atom. The Morgan fingerprint density at radius 1 is 1.17 bits per heavy atom. The van der Waals surface area contributed by atoms with Gasteiger partial charge < -0.3 is 29.7 Å². The van der Waals surface area contributed by atoms with Gasteiger partial charge in [0.05, 0.1) is 36.8 Å². The molecule has 0 spiro atoms. The highest BCUT2D eigenvalue weighted by atomic mass is 16.5. The van der Waals surface area contributed by atoms with Gasteiger partial charge in [0.2, 0.25) is 5.91 Å². The van der Waals surface area contributed by atoms with Gasteiger partial charge in [-0.15, -0.1) is 0 Å². The third-order valence-electron chi connectivity index (χ3n) is 7.64. The zero-order valence-corrected chi connectivity index (χ0v) is 25.5. The molecule has 0 aliphatic carbocycles. The molecule has 0 fully saturated rings. The van der Waals surface area contributed by atoms with Crippen molar-refractivity contribution in [1.82, 2.24) is 9.80 Å². The molecular formula is C33H49N3O5. The largest absolute Gasteiger partial charge is 0.490 e. The van der Waals surface area contributed by atoms with Crippen LogP contribution in [0.4, 0.5) is 5.69 Å². The van der Waals surface area contributed by atoms with Crippen molar-refractivity contribution in [3.05, 3.63) is 59.7 Å². The van der Waals surface area contributed by atoms with Crippen LogP contribution >= 0.6 is 0 Å². The molecule has 0 saturated heterocycles. The topological polar surface area (TPSA) is 91.3 Å². The van der Waals surface area contributed by atoms with E-state index in [4.69, 9.17) is 9.47 Å². The quantitative estimate of drug-likeness (QED) is 0.443. The number of nitrogens with one attached hydrogen (secondary N) is 1. The summed E-state index contributed by atoms with van der Waals surface area (Å²) >= 11 is 0. The molecule has 0 unspecified atom stereocenters. The Morgan fingerprint density at radius 2 is 1.93 bits per heavy atom. The fourth-order valence-electron chi connectivity index (χ4n) is 5.23. The van der Waals surface area contributed by atoms with Crippen molar-refractivity contribution in [3.8, 4) is 5.75 Å². The number of hydrogen-bond acceptors (Lipinski definition) is 6. The van der Waals surface area contributed by atoms with Gasteiger partial charge in [-0.3, -0.25) is 9.59 Å². The van der Waals surface area contributed by atoms with E-state index in [1.165, 1.54) is 0 Å². The number of rotatable bonds is 9. The average molecular weight is 568 g/mol. The summed E-state index contributed by atoms with van der Waals surface area (Å²) in [5, 5.41) is 13.1. The summed E-state index contributed by atoms with van der Waals surface area (Å²) in [5.74, 6) is 0.118. The SMILES string of the molecule is CCCN(C)C[C@@H]1OCCCC[C@H](C)Oc2ccc(NC(=O)Cc3ccccc3)cc2C(=O)N([C@@H](C)CO)C[C@@H]1C. The van der Waals surface area contributed by atoms with Gasteiger partial charge in [-0.05, 0) is 76.9 Å². The van der Waals surface area contributed by atoms with E-state index >= 15 is 0 Å². The van der Waals surface area contributed by atoms with Gasteiger partial charge in [0, 0.05) is 31.3 Å². The lowest BCUT2D eigenvalue weighted by Crippen LogP contribution is -2.47. The lowest BCUT2D eigenvalue weighted by Gasteiger charge is -2.35. The number of ether oxygens (including phenoxy) is 2. The van der Waals surface area contributed by atoms with Gasteiger partial charge in [0.25, 0.3) is 5.91 Å². The van der Waals surface area contributed by atoms with Crippen LogP contribution in [0.15, 0.2) is 48.5 Å². The van der Waals surface area contributed by atoms with Gasteiger partial charge in [-0.1, -0.05) is 44.2 Å². The fraction of sp³-hybridized carbons (Fsp3) is 0.576. The Bertz CT molecular complexity index is 1100. The predicted molar refractivity (Wildman–Crippen MR) is 163 cm³/mol. The Labute approximate surface area is 246 Å². The summed E-state index contributed by atoms with van der Waals surface area (Å²) in [6.07, 6.45) is 3.87. The maximum absolute atomic E-state index is 14.2. The van der Waals surface area contributed by atoms with Gasteiger partial charge >= 0.3 is 0 Å². The van der Waals surface area contributed by atoms with Crippen molar-refractivity contribution in [3.63, 3.8) is 0 Å². The van der Waals surface area contributed by atoms with E-state index in [9.17, 15) is 14.7 Å². The highest BCUT2D eigenvalue weighted by Gasteiger charge is 2.30. The first kappa shape index (κ1) is 32.6. The number of carbonyl (C=O) groups is 2. The molecule has 41 heavy (non-hydrogen) atoms. The van der Waals surface area contributed by atoms with E-state index in [0.29, 0.717) is 30.2 Å². The first-order chi connectivity index (χ1) is 19.7. The highest BCUT2D eigenvalue weighted by molar-refractivity contribution is 6.00. The van der Waals surface area contributed by atoms with Crippen molar-refractivity contribution >= 4 is 17.5 Å². The molecule has 2 aromatic rings. The second-order valence-corrected chi connectivity index (χ2v) is 11.5. The molecule has 8 heteroatoms. The second-order valence-electron chi connectivity index (χ2n) is 11.5. The lowest BCUT2D eigenvalue weighted by atomic mass is 10.0. The molecule has 2 amide bonds. The van der Waals surface area contributed by atoms with Crippen molar-refractivity contribution in [2.24, 2.45) is 5.92 Å². The summed E-state index contributed by atoms with van der Waals surface area (Å²) in [6.45, 7) is 10.8. The van der Waals surface area contributed by atoms with Crippen LogP contribution in [0.1, 0.15) is 69.3 Å². The number of anilines is 1. The minimum absolute atomic E-state index is 0.0345. The van der Waals surface area contributed by atoms with Crippen molar-refractivity contribution in [1.29, 1.82) is 0 Å². The van der Waals surface area contributed by atoms with Crippen LogP contribution in [0.5, 0.6) is 5.75 Å². The molecule has 2 N–H and O–H groups in total. The maximum Gasteiger partial charge on any atom is 0.258 e. The molecule has 1 aliphatic heterocycles. The zero-order valence-electron chi connectivity index (χ0n) is 25.5. The summed E-state index contributed by atoms with van der Waals surface area (Å²) in [5.41, 5.74) is 1.82. The lowest BCUT2D eigenvalue weighted by molar-refractivity contribution is -0.115. The number of benzene rings is 2. The average Bonchev–Trinajstić information content (AvgIpc) is 2.95. The normalized spacial score (nSPS) is 21.5. The van der Waals surface area contributed by atoms with Crippen molar-refractivity contribution in [2.45, 2.75) is 78.0 Å². The molecule has 1 heterocycles. The number of aliphatic hydroxyl groups excluding tert-OH is 1. The fourth-order valence-corrected chi connectivity index (χ4v) is 5.23. The summed E-state index contributed by atoms with van der Waals surface area (Å²) < 4.78 is 12.7. The Kier molecular flexibility index (Phi) is 13.1. The minimum atomic E-state index is -0.409. The van der Waals surface area contributed by atoms with Gasteiger partial charge in [-0.2, -0.15) is 0 Å². The first-order valence-electron chi connectivity index (χ1n) is 15.1. The predicted octanol–water partition coefficient (Wildman–Crippen LogP) is 5.01. The molecule has 0 radical (unpaired) electrons. The Balaban J connectivity index is 1.92. The molecule has 3 rings (SSSR count). The van der Waals surface area contributed by atoms with Gasteiger partial charge in [-0.25, -0.2) is 0 Å². The molecule has 1 aliphatic rings. The second kappa shape index (κ2) is 16.5. The van der Waals surface area contributed by atoms with Crippen LogP contribution in [0, 0.1) is 5.92 Å². The maximum atomic E-state index is 14.2. The van der Waals surface area contributed by atoms with E-state index in [-0.39, 0.29) is 43.0 Å². The van der Waals surface area contributed by atoms with E-state index in [0.717, 1.165) is 44.3 Å². The third kappa shape index (κ3) is 10.1. The molecule has 8 nitrogen and oxygen atoms in total. The minimum Gasteiger partial charge on any atom is -0.490 e. The summed E-state index contributed by atoms with van der Waals surface area (Å²) in [6, 6.07) is 14.4. The molecule has 226 valence electrons. The molecular weight excluding hydrogens is 518 g/mol. The number of aliphatic hydroxyl groups is 1. The molecule has 4 atom stereocenters. The van der Waals surface area contributed by atoms with Crippen LogP contribution in [-0.2, 0) is 16.0 Å². The van der Waals surface area contributed by atoms with Crippen LogP contribution in [0.2, 0.25) is 0 Å². The van der Waals surface area contributed by atoms with Gasteiger partial charge in [0.1, 0.15) is 5.75 Å². The summed E-state index contributed by atoms with van der Waals surface area (Å²) in [7, 11) is 2.10. The van der Waals surface area contributed by atoms with Crippen LogP contribution in [0.3, 0.4) is 0 Å². The standard InChI is InChI=1S/C33H49N3O5/c1-6-17-35(5)22-31-24(2)21-36(25(3)23-37)33(39)29-20-28(34-32(38)19-27-13-8-7-9-14-27)15-16-30(29)41-26(4)12-10-11-18-40-31/h7-9,13-16,20,24-26,31,37H,6,10-12,17-19,21-23H2,1-5H3,(H,34,38)/t24-,25-,26-,31-/m0/s1. The van der Waals surface area contributed by atoms with Crippen molar-refractivity contribution in [2.75, 3.05) is 45.2 Å². The zero-order chi connectivity index (χ0) is 29.8. The van der Waals surface area contributed by atoms with E-state index in [2.05, 4.69) is 31.1 Å². The number of hydrogen-bond donors (Lipinski definition) is 2. The number of nitrogens with zero attached hydrogens (tertiary/aromatic N) is 2. The number of amides is 2. The van der Waals surface area contributed by atoms with Gasteiger partial charge in [0.15, 0.2) is 0 Å². The number of carbonyl (C=O) groups excluding carboxylic acids is 2.